The topological polar surface area (TPSA) is 76.1 Å². The van der Waals surface area contributed by atoms with Crippen LogP contribution < -0.4 is 4.74 Å². The zero-order valence-corrected chi connectivity index (χ0v) is 16.3. The van der Waals surface area contributed by atoms with Gasteiger partial charge in [0, 0.05) is 18.7 Å². The normalized spacial score (nSPS) is 22.2. The first-order valence-electron chi connectivity index (χ1n) is 9.18. The van der Waals surface area contributed by atoms with Gasteiger partial charge in [0.25, 0.3) is 5.91 Å². The summed E-state index contributed by atoms with van der Waals surface area (Å²) in [7, 11) is 1.55. The molecule has 1 saturated heterocycles. The molecule has 2 aliphatic heterocycles. The van der Waals surface area contributed by atoms with E-state index >= 15 is 0 Å². The number of nitrogens with zero attached hydrogens (tertiary/aromatic N) is 1. The Morgan fingerprint density at radius 2 is 2.14 bits per heavy atom. The highest BCUT2D eigenvalue weighted by molar-refractivity contribution is 7.12. The van der Waals surface area contributed by atoms with Gasteiger partial charge < -0.3 is 19.5 Å². The highest BCUT2D eigenvalue weighted by atomic mass is 32.1. The fourth-order valence-corrected chi connectivity index (χ4v) is 4.52. The number of Topliss-reactive ketones (excluding diaryl/α,β-unsaturated/α-hetero) is 1. The minimum atomic E-state index is -0.720. The number of aliphatic hydroxyl groups excluding tert-OH is 1. The lowest BCUT2D eigenvalue weighted by Gasteiger charge is -2.29. The van der Waals surface area contributed by atoms with Crippen molar-refractivity contribution in [3.8, 4) is 5.75 Å². The summed E-state index contributed by atoms with van der Waals surface area (Å²) < 4.78 is 11.2. The SMILES string of the molecule is COc1ccccc1C1C(C(=O)c2cccs2)=C(O)C(=O)N1CC1CCCO1. The molecule has 1 aromatic heterocycles. The Morgan fingerprint density at radius 1 is 1.32 bits per heavy atom. The monoisotopic (exact) mass is 399 g/mol. The van der Waals surface area contributed by atoms with Crippen LogP contribution in [-0.2, 0) is 9.53 Å². The first-order chi connectivity index (χ1) is 13.6. The zero-order valence-electron chi connectivity index (χ0n) is 15.5. The van der Waals surface area contributed by atoms with E-state index in [1.165, 1.54) is 16.2 Å². The predicted molar refractivity (Wildman–Crippen MR) is 105 cm³/mol. The van der Waals surface area contributed by atoms with E-state index in [0.29, 0.717) is 29.3 Å². The summed E-state index contributed by atoms with van der Waals surface area (Å²) in [6.07, 6.45) is 1.68. The Balaban J connectivity index is 1.80. The summed E-state index contributed by atoms with van der Waals surface area (Å²) in [5.74, 6) is -0.825. The third kappa shape index (κ3) is 3.21. The molecule has 28 heavy (non-hydrogen) atoms. The lowest BCUT2D eigenvalue weighted by atomic mass is 9.94. The van der Waals surface area contributed by atoms with E-state index in [4.69, 9.17) is 9.47 Å². The molecule has 2 atom stereocenters. The molecule has 1 amide bonds. The molecule has 146 valence electrons. The van der Waals surface area contributed by atoms with Crippen LogP contribution >= 0.6 is 11.3 Å². The second-order valence-corrected chi connectivity index (χ2v) is 7.75. The number of rotatable bonds is 6. The first-order valence-corrected chi connectivity index (χ1v) is 10.1. The average molecular weight is 399 g/mol. The molecule has 1 fully saturated rings. The van der Waals surface area contributed by atoms with Gasteiger partial charge in [0.15, 0.2) is 5.76 Å². The number of para-hydroxylation sites is 1. The van der Waals surface area contributed by atoms with Gasteiger partial charge in [-0.1, -0.05) is 24.3 Å². The van der Waals surface area contributed by atoms with Crippen molar-refractivity contribution in [3.05, 3.63) is 63.6 Å². The Labute approximate surface area is 167 Å². The number of hydrogen-bond acceptors (Lipinski definition) is 6. The van der Waals surface area contributed by atoms with Gasteiger partial charge in [-0.15, -0.1) is 11.3 Å². The van der Waals surface area contributed by atoms with E-state index < -0.39 is 17.7 Å². The fourth-order valence-electron chi connectivity index (χ4n) is 3.84. The summed E-state index contributed by atoms with van der Waals surface area (Å²) >= 11 is 1.28. The summed E-state index contributed by atoms with van der Waals surface area (Å²) in [5.41, 5.74) is 0.759. The Bertz CT molecular complexity index is 915. The van der Waals surface area contributed by atoms with Crippen LogP contribution in [-0.4, -0.2) is 48.1 Å². The highest BCUT2D eigenvalue weighted by Crippen LogP contribution is 2.43. The van der Waals surface area contributed by atoms with Crippen LogP contribution in [0.25, 0.3) is 0 Å². The number of benzene rings is 1. The van der Waals surface area contributed by atoms with Crippen molar-refractivity contribution in [2.45, 2.75) is 25.0 Å². The van der Waals surface area contributed by atoms with Crippen molar-refractivity contribution < 1.29 is 24.2 Å². The van der Waals surface area contributed by atoms with E-state index in [-0.39, 0.29) is 17.5 Å². The molecule has 0 aliphatic carbocycles. The van der Waals surface area contributed by atoms with E-state index in [1.54, 1.807) is 30.7 Å². The second-order valence-electron chi connectivity index (χ2n) is 6.81. The molecular formula is C21H21NO5S. The molecule has 0 saturated carbocycles. The molecule has 6 nitrogen and oxygen atoms in total. The van der Waals surface area contributed by atoms with E-state index in [2.05, 4.69) is 0 Å². The van der Waals surface area contributed by atoms with Crippen molar-refractivity contribution in [1.82, 2.24) is 4.90 Å². The molecule has 2 aliphatic rings. The third-order valence-electron chi connectivity index (χ3n) is 5.15. The van der Waals surface area contributed by atoms with Crippen LogP contribution in [0.1, 0.15) is 34.1 Å². The molecule has 1 aromatic carbocycles. The standard InChI is InChI=1S/C21H21NO5S/c1-26-15-8-3-2-7-14(15)18-17(19(23)16-9-5-11-28-16)20(24)21(25)22(18)12-13-6-4-10-27-13/h2-3,5,7-9,11,13,18,24H,4,6,10,12H2,1H3. The van der Waals surface area contributed by atoms with Crippen molar-refractivity contribution in [2.24, 2.45) is 0 Å². The molecule has 4 rings (SSSR count). The first kappa shape index (κ1) is 18.7. The lowest BCUT2D eigenvalue weighted by Crippen LogP contribution is -2.37. The number of amides is 1. The van der Waals surface area contributed by atoms with Crippen molar-refractivity contribution in [1.29, 1.82) is 0 Å². The van der Waals surface area contributed by atoms with Gasteiger partial charge in [-0.05, 0) is 30.4 Å². The van der Waals surface area contributed by atoms with Gasteiger partial charge in [0.2, 0.25) is 5.78 Å². The zero-order chi connectivity index (χ0) is 19.7. The van der Waals surface area contributed by atoms with Crippen molar-refractivity contribution >= 4 is 23.0 Å². The number of carbonyl (C=O) groups is 2. The second kappa shape index (κ2) is 7.77. The number of ketones is 1. The van der Waals surface area contributed by atoms with Gasteiger partial charge in [0.05, 0.1) is 29.7 Å². The van der Waals surface area contributed by atoms with Gasteiger partial charge in [-0.3, -0.25) is 9.59 Å². The molecule has 2 aromatic rings. The van der Waals surface area contributed by atoms with Crippen molar-refractivity contribution in [2.75, 3.05) is 20.3 Å². The maximum absolute atomic E-state index is 13.2. The van der Waals surface area contributed by atoms with E-state index in [1.807, 2.05) is 18.2 Å². The maximum atomic E-state index is 13.2. The molecule has 1 N–H and O–H groups in total. The van der Waals surface area contributed by atoms with Crippen LogP contribution in [0.4, 0.5) is 0 Å². The average Bonchev–Trinajstić information content (AvgIpc) is 3.46. The number of aliphatic hydroxyl groups is 1. The van der Waals surface area contributed by atoms with E-state index in [0.717, 1.165) is 12.8 Å². The Hall–Kier alpha value is -2.64. The summed E-state index contributed by atoms with van der Waals surface area (Å²) in [6.45, 7) is 0.971. The molecule has 0 bridgehead atoms. The van der Waals surface area contributed by atoms with Gasteiger partial charge in [-0.2, -0.15) is 0 Å². The summed E-state index contributed by atoms with van der Waals surface area (Å²) in [6, 6.07) is 10.0. The molecule has 2 unspecified atom stereocenters. The minimum Gasteiger partial charge on any atom is -0.503 e. The number of hydrogen-bond donors (Lipinski definition) is 1. The predicted octanol–water partition coefficient (Wildman–Crippen LogP) is 3.51. The molecule has 0 radical (unpaired) electrons. The summed E-state index contributed by atoms with van der Waals surface area (Å²) in [4.78, 5) is 28.1. The largest absolute Gasteiger partial charge is 0.503 e. The van der Waals surface area contributed by atoms with Crippen LogP contribution in [0.2, 0.25) is 0 Å². The number of ether oxygens (including phenoxy) is 2. The number of carbonyl (C=O) groups excluding carboxylic acids is 2. The van der Waals surface area contributed by atoms with Crippen molar-refractivity contribution in [3.63, 3.8) is 0 Å². The van der Waals surface area contributed by atoms with Gasteiger partial charge >= 0.3 is 0 Å². The molecule has 0 spiro atoms. The highest BCUT2D eigenvalue weighted by Gasteiger charge is 2.45. The van der Waals surface area contributed by atoms with Crippen LogP contribution in [0, 0.1) is 0 Å². The lowest BCUT2D eigenvalue weighted by molar-refractivity contribution is -0.131. The Morgan fingerprint density at radius 3 is 2.82 bits per heavy atom. The smallest absolute Gasteiger partial charge is 0.290 e. The third-order valence-corrected chi connectivity index (χ3v) is 6.02. The molecule has 7 heteroatoms. The summed E-state index contributed by atoms with van der Waals surface area (Å²) in [5, 5.41) is 12.5. The van der Waals surface area contributed by atoms with Crippen LogP contribution in [0.3, 0.4) is 0 Å². The minimum absolute atomic E-state index is 0.0925. The maximum Gasteiger partial charge on any atom is 0.290 e. The van der Waals surface area contributed by atoms with Crippen LogP contribution in [0.5, 0.6) is 5.75 Å². The van der Waals surface area contributed by atoms with Gasteiger partial charge in [-0.25, -0.2) is 0 Å². The number of methoxy groups -OCH3 is 1. The molecule has 3 heterocycles. The van der Waals surface area contributed by atoms with E-state index in [9.17, 15) is 14.7 Å². The van der Waals surface area contributed by atoms with Crippen LogP contribution in [0.15, 0.2) is 53.1 Å². The molecular weight excluding hydrogens is 378 g/mol. The quantitative estimate of drug-likeness (QED) is 0.753. The number of thiophene rings is 1. The van der Waals surface area contributed by atoms with Gasteiger partial charge in [0.1, 0.15) is 5.75 Å². The fraction of sp³-hybridized carbons (Fsp3) is 0.333. The Kier molecular flexibility index (Phi) is 5.19.